The first kappa shape index (κ1) is 20.2. The second kappa shape index (κ2) is 9.16. The van der Waals surface area contributed by atoms with Crippen LogP contribution in [0.2, 0.25) is 0 Å². The number of likely N-dealkylation sites (tertiary alicyclic amines) is 1. The molecule has 0 radical (unpaired) electrons. The summed E-state index contributed by atoms with van der Waals surface area (Å²) < 4.78 is 5.52. The van der Waals surface area contributed by atoms with Crippen molar-refractivity contribution >= 4 is 17.6 Å². The number of hydrogen-bond donors (Lipinski definition) is 1. The topological polar surface area (TPSA) is 61.9 Å². The van der Waals surface area contributed by atoms with Gasteiger partial charge in [-0.05, 0) is 62.6 Å². The van der Waals surface area contributed by atoms with Gasteiger partial charge in [0.05, 0.1) is 0 Å². The fourth-order valence-corrected chi connectivity index (χ4v) is 4.58. The second-order valence-electron chi connectivity index (χ2n) is 8.57. The Kier molecular flexibility index (Phi) is 6.38. The lowest BCUT2D eigenvalue weighted by molar-refractivity contribution is -0.141. The summed E-state index contributed by atoms with van der Waals surface area (Å²) in [5, 5.41) is 3.03. The van der Waals surface area contributed by atoms with Crippen LogP contribution in [0.3, 0.4) is 0 Å². The Labute approximate surface area is 173 Å². The van der Waals surface area contributed by atoms with Crippen molar-refractivity contribution < 1.29 is 14.3 Å². The number of carbonyl (C=O) groups excluding carboxylic acids is 2. The molecule has 1 aliphatic carbocycles. The van der Waals surface area contributed by atoms with E-state index in [0.717, 1.165) is 63.8 Å². The largest absolute Gasteiger partial charge is 0.381 e. The Morgan fingerprint density at radius 3 is 2.41 bits per heavy atom. The molecule has 0 atom stereocenters. The highest BCUT2D eigenvalue weighted by Gasteiger charge is 2.41. The Hall–Kier alpha value is -2.08. The van der Waals surface area contributed by atoms with Gasteiger partial charge in [0, 0.05) is 50.0 Å². The second-order valence-corrected chi connectivity index (χ2v) is 8.57. The summed E-state index contributed by atoms with van der Waals surface area (Å²) in [7, 11) is 0. The molecule has 2 saturated heterocycles. The maximum absolute atomic E-state index is 13.0. The number of aryl methyl sites for hydroxylation is 1. The van der Waals surface area contributed by atoms with Crippen molar-refractivity contribution in [3.63, 3.8) is 0 Å². The van der Waals surface area contributed by atoms with Crippen molar-refractivity contribution in [2.75, 3.05) is 31.6 Å². The number of rotatable bonds is 5. The number of hydrogen-bond acceptors (Lipinski definition) is 3. The molecule has 1 aromatic carbocycles. The molecule has 2 aliphatic heterocycles. The van der Waals surface area contributed by atoms with Crippen molar-refractivity contribution in [3.05, 3.63) is 29.8 Å². The van der Waals surface area contributed by atoms with E-state index in [1.54, 1.807) is 0 Å². The predicted octanol–water partition coefficient (Wildman–Crippen LogP) is 3.66. The number of nitrogens with zero attached hydrogens (tertiary/aromatic N) is 2. The van der Waals surface area contributed by atoms with Gasteiger partial charge in [0.1, 0.15) is 0 Å². The average Bonchev–Trinajstić information content (AvgIpc) is 3.61. The van der Waals surface area contributed by atoms with E-state index in [-0.39, 0.29) is 18.0 Å². The Balaban J connectivity index is 1.35. The zero-order valence-corrected chi connectivity index (χ0v) is 17.4. The molecule has 3 fully saturated rings. The number of amides is 3. The van der Waals surface area contributed by atoms with Crippen molar-refractivity contribution in [3.8, 4) is 0 Å². The number of anilines is 1. The van der Waals surface area contributed by atoms with Crippen LogP contribution in [0, 0.1) is 5.92 Å². The standard InChI is InChI=1S/C23H33N3O3/c1-2-17-4-3-5-19(16-17)24-23(28)25-12-8-20(9-13-25)26(22(27)18-6-7-18)21-10-14-29-15-11-21/h3-5,16,18,20-21H,2,6-15H2,1H3,(H,24,28). The minimum absolute atomic E-state index is 0.0390. The maximum Gasteiger partial charge on any atom is 0.321 e. The first-order chi connectivity index (χ1) is 14.2. The summed E-state index contributed by atoms with van der Waals surface area (Å²) in [6.45, 7) is 5.00. The van der Waals surface area contributed by atoms with Crippen molar-refractivity contribution in [1.29, 1.82) is 0 Å². The quantitative estimate of drug-likeness (QED) is 0.822. The maximum atomic E-state index is 13.0. The Morgan fingerprint density at radius 1 is 1.07 bits per heavy atom. The molecule has 1 saturated carbocycles. The van der Waals surface area contributed by atoms with Gasteiger partial charge in [-0.25, -0.2) is 4.79 Å². The van der Waals surface area contributed by atoms with Gasteiger partial charge < -0.3 is 19.9 Å². The molecule has 29 heavy (non-hydrogen) atoms. The van der Waals surface area contributed by atoms with Crippen LogP contribution >= 0.6 is 0 Å². The summed E-state index contributed by atoms with van der Waals surface area (Å²) in [4.78, 5) is 29.8. The van der Waals surface area contributed by atoms with Gasteiger partial charge >= 0.3 is 6.03 Å². The Bertz CT molecular complexity index is 720. The molecule has 1 N–H and O–H groups in total. The van der Waals surface area contributed by atoms with Crippen LogP contribution in [0.15, 0.2) is 24.3 Å². The summed E-state index contributed by atoms with van der Waals surface area (Å²) in [6, 6.07) is 8.54. The fourth-order valence-electron chi connectivity index (χ4n) is 4.58. The van der Waals surface area contributed by atoms with Gasteiger partial charge in [0.2, 0.25) is 5.91 Å². The zero-order valence-electron chi connectivity index (χ0n) is 17.4. The number of urea groups is 1. The van der Waals surface area contributed by atoms with Crippen LogP contribution in [0.4, 0.5) is 10.5 Å². The molecule has 158 valence electrons. The number of nitrogens with one attached hydrogen (secondary N) is 1. The summed E-state index contributed by atoms with van der Waals surface area (Å²) in [5.41, 5.74) is 2.07. The van der Waals surface area contributed by atoms with Gasteiger partial charge in [-0.3, -0.25) is 4.79 Å². The average molecular weight is 400 g/mol. The third-order valence-corrected chi connectivity index (χ3v) is 6.50. The monoisotopic (exact) mass is 399 g/mol. The van der Waals surface area contributed by atoms with Crippen LogP contribution in [-0.4, -0.2) is 60.1 Å². The van der Waals surface area contributed by atoms with E-state index in [4.69, 9.17) is 4.74 Å². The molecule has 1 aromatic rings. The number of benzene rings is 1. The SMILES string of the molecule is CCc1cccc(NC(=O)N2CCC(N(C(=O)C3CC3)C3CCOCC3)CC2)c1. The van der Waals surface area contributed by atoms with Crippen molar-refractivity contribution in [2.24, 2.45) is 5.92 Å². The van der Waals surface area contributed by atoms with E-state index in [1.807, 2.05) is 23.1 Å². The molecule has 0 aromatic heterocycles. The van der Waals surface area contributed by atoms with Crippen LogP contribution < -0.4 is 5.32 Å². The van der Waals surface area contributed by atoms with E-state index < -0.39 is 0 Å². The number of carbonyl (C=O) groups is 2. The summed E-state index contributed by atoms with van der Waals surface area (Å²) >= 11 is 0. The van der Waals surface area contributed by atoms with Crippen LogP contribution in [0.25, 0.3) is 0 Å². The summed E-state index contributed by atoms with van der Waals surface area (Å²) in [5.74, 6) is 0.584. The number of ether oxygens (including phenoxy) is 1. The molecule has 4 rings (SSSR count). The third-order valence-electron chi connectivity index (χ3n) is 6.50. The molecule has 6 nitrogen and oxygen atoms in total. The van der Waals surface area contributed by atoms with Crippen LogP contribution in [-0.2, 0) is 16.0 Å². The highest BCUT2D eigenvalue weighted by atomic mass is 16.5. The lowest BCUT2D eigenvalue weighted by atomic mass is 9.97. The molecular formula is C23H33N3O3. The van der Waals surface area contributed by atoms with Crippen LogP contribution in [0.5, 0.6) is 0 Å². The highest BCUT2D eigenvalue weighted by Crippen LogP contribution is 2.35. The zero-order chi connectivity index (χ0) is 20.2. The first-order valence-electron chi connectivity index (χ1n) is 11.2. The lowest BCUT2D eigenvalue weighted by Crippen LogP contribution is -2.54. The molecule has 0 bridgehead atoms. The fraction of sp³-hybridized carbons (Fsp3) is 0.652. The molecule has 0 spiro atoms. The molecule has 2 heterocycles. The van der Waals surface area contributed by atoms with E-state index >= 15 is 0 Å². The van der Waals surface area contributed by atoms with E-state index in [0.29, 0.717) is 25.0 Å². The van der Waals surface area contributed by atoms with Gasteiger partial charge in [0.25, 0.3) is 0 Å². The van der Waals surface area contributed by atoms with Gasteiger partial charge in [0.15, 0.2) is 0 Å². The van der Waals surface area contributed by atoms with Crippen molar-refractivity contribution in [1.82, 2.24) is 9.80 Å². The molecular weight excluding hydrogens is 366 g/mol. The minimum atomic E-state index is -0.0390. The smallest absolute Gasteiger partial charge is 0.321 e. The minimum Gasteiger partial charge on any atom is -0.381 e. The summed E-state index contributed by atoms with van der Waals surface area (Å²) in [6.07, 6.45) is 6.62. The van der Waals surface area contributed by atoms with E-state index in [1.165, 1.54) is 5.56 Å². The normalized spacial score (nSPS) is 21.1. The molecule has 6 heteroatoms. The van der Waals surface area contributed by atoms with E-state index in [2.05, 4.69) is 23.2 Å². The van der Waals surface area contributed by atoms with Crippen LogP contribution in [0.1, 0.15) is 51.0 Å². The van der Waals surface area contributed by atoms with Gasteiger partial charge in [-0.2, -0.15) is 0 Å². The first-order valence-corrected chi connectivity index (χ1v) is 11.2. The van der Waals surface area contributed by atoms with E-state index in [9.17, 15) is 9.59 Å². The number of piperidine rings is 1. The highest BCUT2D eigenvalue weighted by molar-refractivity contribution is 5.89. The lowest BCUT2D eigenvalue weighted by Gasteiger charge is -2.43. The third kappa shape index (κ3) is 4.92. The molecule has 3 aliphatic rings. The van der Waals surface area contributed by atoms with Gasteiger partial charge in [-0.15, -0.1) is 0 Å². The molecule has 0 unspecified atom stereocenters. The predicted molar refractivity (Wildman–Crippen MR) is 113 cm³/mol. The molecule has 3 amide bonds. The Morgan fingerprint density at radius 2 is 1.76 bits per heavy atom. The van der Waals surface area contributed by atoms with Crippen molar-refractivity contribution in [2.45, 2.75) is 64.0 Å². The van der Waals surface area contributed by atoms with Gasteiger partial charge in [-0.1, -0.05) is 19.1 Å².